The zero-order chi connectivity index (χ0) is 15.6. The quantitative estimate of drug-likeness (QED) is 0.905. The fourth-order valence-corrected chi connectivity index (χ4v) is 5.41. The maximum absolute atomic E-state index is 13.1. The Kier molecular flexibility index (Phi) is 4.85. The van der Waals surface area contributed by atoms with Crippen molar-refractivity contribution in [1.29, 1.82) is 0 Å². The first kappa shape index (κ1) is 16.0. The van der Waals surface area contributed by atoms with Crippen LogP contribution in [0.3, 0.4) is 0 Å². The molecule has 0 saturated carbocycles. The molecule has 1 aliphatic heterocycles. The monoisotopic (exact) mass is 322 g/mol. The van der Waals surface area contributed by atoms with Gasteiger partial charge in [0.15, 0.2) is 0 Å². The summed E-state index contributed by atoms with van der Waals surface area (Å²) in [5, 5.41) is 3.28. The predicted molar refractivity (Wildman–Crippen MR) is 88.5 cm³/mol. The number of aryl methyl sites for hydroxylation is 2. The zero-order valence-electron chi connectivity index (χ0n) is 13.3. The third-order valence-electron chi connectivity index (χ3n) is 4.81. The number of rotatable bonds is 5. The van der Waals surface area contributed by atoms with Gasteiger partial charge in [-0.3, -0.25) is 0 Å². The Balaban J connectivity index is 1.92. The molecule has 1 saturated heterocycles. The number of sulfonamides is 1. The zero-order valence-corrected chi connectivity index (χ0v) is 14.2. The molecule has 4 nitrogen and oxygen atoms in total. The highest BCUT2D eigenvalue weighted by Gasteiger charge is 2.32. The van der Waals surface area contributed by atoms with E-state index >= 15 is 0 Å². The van der Waals surface area contributed by atoms with Gasteiger partial charge in [-0.2, -0.15) is 4.31 Å². The van der Waals surface area contributed by atoms with Crippen molar-refractivity contribution in [3.05, 3.63) is 29.3 Å². The maximum atomic E-state index is 13.1. The van der Waals surface area contributed by atoms with Crippen LogP contribution in [-0.4, -0.2) is 38.4 Å². The highest BCUT2D eigenvalue weighted by atomic mass is 32.2. The lowest BCUT2D eigenvalue weighted by molar-refractivity contribution is 0.335. The second kappa shape index (κ2) is 6.69. The van der Waals surface area contributed by atoms with Crippen LogP contribution in [0.25, 0.3) is 0 Å². The van der Waals surface area contributed by atoms with E-state index < -0.39 is 10.0 Å². The Bertz CT molecular complexity index is 622. The van der Waals surface area contributed by atoms with Crippen molar-refractivity contribution in [1.82, 2.24) is 9.62 Å². The van der Waals surface area contributed by atoms with Crippen LogP contribution in [0.1, 0.15) is 43.7 Å². The van der Waals surface area contributed by atoms with Crippen LogP contribution in [0.4, 0.5) is 0 Å². The number of fused-ring (bicyclic) bond motifs is 1. The number of nitrogens with one attached hydrogen (secondary N) is 1. The summed E-state index contributed by atoms with van der Waals surface area (Å²) in [5.74, 6) is 0. The fraction of sp³-hybridized carbons (Fsp3) is 0.647. The van der Waals surface area contributed by atoms with E-state index in [1.165, 1.54) is 24.0 Å². The van der Waals surface area contributed by atoms with E-state index in [-0.39, 0.29) is 6.04 Å². The minimum Gasteiger partial charge on any atom is -0.315 e. The third kappa shape index (κ3) is 3.07. The van der Waals surface area contributed by atoms with Gasteiger partial charge < -0.3 is 5.32 Å². The summed E-state index contributed by atoms with van der Waals surface area (Å²) in [7, 11) is -3.39. The number of benzene rings is 1. The molecule has 0 radical (unpaired) electrons. The van der Waals surface area contributed by atoms with Gasteiger partial charge in [0.1, 0.15) is 0 Å². The SMILES string of the molecule is CCCN(C1CCNC1)S(=O)(=O)c1ccc2c(c1)CCCC2. The summed E-state index contributed by atoms with van der Waals surface area (Å²) in [5.41, 5.74) is 2.56. The molecule has 1 atom stereocenters. The summed E-state index contributed by atoms with van der Waals surface area (Å²) in [6.45, 7) is 4.32. The molecule has 2 aliphatic rings. The number of hydrogen-bond donors (Lipinski definition) is 1. The topological polar surface area (TPSA) is 49.4 Å². The lowest BCUT2D eigenvalue weighted by Crippen LogP contribution is -2.42. The van der Waals surface area contributed by atoms with Crippen molar-refractivity contribution in [2.45, 2.75) is 56.4 Å². The van der Waals surface area contributed by atoms with Crippen molar-refractivity contribution in [2.24, 2.45) is 0 Å². The second-order valence-electron chi connectivity index (χ2n) is 6.40. The maximum Gasteiger partial charge on any atom is 0.243 e. The number of hydrogen-bond acceptors (Lipinski definition) is 3. The molecule has 1 N–H and O–H groups in total. The first-order chi connectivity index (χ1) is 10.6. The van der Waals surface area contributed by atoms with E-state index in [0.717, 1.165) is 38.8 Å². The highest BCUT2D eigenvalue weighted by molar-refractivity contribution is 7.89. The van der Waals surface area contributed by atoms with E-state index in [1.807, 2.05) is 25.1 Å². The van der Waals surface area contributed by atoms with Crippen molar-refractivity contribution in [3.8, 4) is 0 Å². The molecule has 0 amide bonds. The van der Waals surface area contributed by atoms with Crippen LogP contribution >= 0.6 is 0 Å². The first-order valence-electron chi connectivity index (χ1n) is 8.47. The van der Waals surface area contributed by atoms with Crippen LogP contribution in [0.15, 0.2) is 23.1 Å². The smallest absolute Gasteiger partial charge is 0.243 e. The Labute approximate surface area is 134 Å². The molecule has 122 valence electrons. The van der Waals surface area contributed by atoms with Crippen LogP contribution in [0.2, 0.25) is 0 Å². The Morgan fingerprint density at radius 2 is 2.00 bits per heavy atom. The van der Waals surface area contributed by atoms with Gasteiger partial charge in [-0.15, -0.1) is 0 Å². The van der Waals surface area contributed by atoms with Crippen LogP contribution in [0.5, 0.6) is 0 Å². The van der Waals surface area contributed by atoms with E-state index in [0.29, 0.717) is 11.4 Å². The average molecular weight is 322 g/mol. The molecule has 22 heavy (non-hydrogen) atoms. The van der Waals surface area contributed by atoms with Gasteiger partial charge in [-0.25, -0.2) is 8.42 Å². The van der Waals surface area contributed by atoms with Gasteiger partial charge in [0.2, 0.25) is 10.0 Å². The molecule has 1 fully saturated rings. The highest BCUT2D eigenvalue weighted by Crippen LogP contribution is 2.27. The molecule has 0 aromatic heterocycles. The summed E-state index contributed by atoms with van der Waals surface area (Å²) in [6.07, 6.45) is 6.24. The Morgan fingerprint density at radius 3 is 2.68 bits per heavy atom. The van der Waals surface area contributed by atoms with Gasteiger partial charge >= 0.3 is 0 Å². The molecule has 0 spiro atoms. The molecule has 1 aliphatic carbocycles. The Hall–Kier alpha value is -0.910. The van der Waals surface area contributed by atoms with E-state index in [4.69, 9.17) is 0 Å². The molecule has 3 rings (SSSR count). The van der Waals surface area contributed by atoms with Crippen LogP contribution < -0.4 is 5.32 Å². The normalized spacial score (nSPS) is 22.0. The summed E-state index contributed by atoms with van der Waals surface area (Å²) < 4.78 is 27.9. The van der Waals surface area contributed by atoms with Gasteiger partial charge in [0, 0.05) is 19.1 Å². The molecular weight excluding hydrogens is 296 g/mol. The largest absolute Gasteiger partial charge is 0.315 e. The first-order valence-corrected chi connectivity index (χ1v) is 9.91. The Morgan fingerprint density at radius 1 is 1.23 bits per heavy atom. The lowest BCUT2D eigenvalue weighted by atomic mass is 9.92. The van der Waals surface area contributed by atoms with Crippen molar-refractivity contribution in [2.75, 3.05) is 19.6 Å². The minimum absolute atomic E-state index is 0.0981. The average Bonchev–Trinajstić information content (AvgIpc) is 3.06. The van der Waals surface area contributed by atoms with Gasteiger partial charge in [0.25, 0.3) is 0 Å². The minimum atomic E-state index is -3.39. The molecule has 5 heteroatoms. The standard InChI is InChI=1S/C17H26N2O2S/c1-2-11-19(16-9-10-18-13-16)22(20,21)17-8-7-14-5-3-4-6-15(14)12-17/h7-8,12,16,18H,2-6,9-11,13H2,1H3. The molecule has 0 bridgehead atoms. The molecular formula is C17H26N2O2S. The van der Waals surface area contributed by atoms with Crippen molar-refractivity contribution in [3.63, 3.8) is 0 Å². The number of nitrogens with zero attached hydrogens (tertiary/aromatic N) is 1. The van der Waals surface area contributed by atoms with Crippen LogP contribution in [-0.2, 0) is 22.9 Å². The second-order valence-corrected chi connectivity index (χ2v) is 8.29. The molecule has 1 heterocycles. The predicted octanol–water partition coefficient (Wildman–Crippen LogP) is 2.33. The van der Waals surface area contributed by atoms with Crippen LogP contribution in [0, 0.1) is 0 Å². The lowest BCUT2D eigenvalue weighted by Gasteiger charge is -2.28. The van der Waals surface area contributed by atoms with Gasteiger partial charge in [-0.05, 0) is 68.3 Å². The van der Waals surface area contributed by atoms with Gasteiger partial charge in [-0.1, -0.05) is 13.0 Å². The van der Waals surface area contributed by atoms with E-state index in [1.54, 1.807) is 4.31 Å². The fourth-order valence-electron chi connectivity index (χ4n) is 3.61. The molecule has 1 aromatic rings. The molecule has 1 aromatic carbocycles. The summed E-state index contributed by atoms with van der Waals surface area (Å²) in [4.78, 5) is 0.480. The van der Waals surface area contributed by atoms with E-state index in [9.17, 15) is 8.42 Å². The van der Waals surface area contributed by atoms with Crippen molar-refractivity contribution >= 4 is 10.0 Å². The van der Waals surface area contributed by atoms with Gasteiger partial charge in [0.05, 0.1) is 4.90 Å². The van der Waals surface area contributed by atoms with Crippen molar-refractivity contribution < 1.29 is 8.42 Å². The third-order valence-corrected chi connectivity index (χ3v) is 6.76. The summed E-state index contributed by atoms with van der Waals surface area (Å²) in [6, 6.07) is 5.86. The van der Waals surface area contributed by atoms with E-state index in [2.05, 4.69) is 5.32 Å². The summed E-state index contributed by atoms with van der Waals surface area (Å²) >= 11 is 0. The molecule has 1 unspecified atom stereocenters.